The maximum Gasteiger partial charge on any atom is 0.414 e. The molecule has 192 valence electrons. The quantitative estimate of drug-likeness (QED) is 0.389. The van der Waals surface area contributed by atoms with Gasteiger partial charge in [-0.25, -0.2) is 0 Å². The van der Waals surface area contributed by atoms with Crippen molar-refractivity contribution >= 4 is 0 Å². The van der Waals surface area contributed by atoms with Gasteiger partial charge in [-0.3, -0.25) is 0 Å². The number of halogens is 6. The Morgan fingerprint density at radius 2 is 1.00 bits per heavy atom. The third-order valence-electron chi connectivity index (χ3n) is 6.42. The standard InChI is InChI=1S/C22H26F6O6/c1-11-9-13(21(23,24)25)33-19(31-11)7-5-18(4,30)16-15(19)17(3,29)6-8-20(16)32-12(2)10-14(34-20)22(26,27)28/h5-8,11-14,29-30H,9-10H2,1-4H3/t11-,12-,13-,14-,17-,18+,19-,20-/m1/s1. The summed E-state index contributed by atoms with van der Waals surface area (Å²) in [5.74, 6) is -4.70. The molecule has 8 atom stereocenters. The molecule has 34 heavy (non-hydrogen) atoms. The van der Waals surface area contributed by atoms with Crippen LogP contribution in [-0.2, 0) is 18.9 Å². The van der Waals surface area contributed by atoms with Crippen LogP contribution in [-0.4, -0.2) is 69.8 Å². The summed E-state index contributed by atoms with van der Waals surface area (Å²) in [4.78, 5) is 0. The van der Waals surface area contributed by atoms with E-state index in [-0.39, 0.29) is 0 Å². The lowest BCUT2D eigenvalue weighted by Gasteiger charge is -2.56. The van der Waals surface area contributed by atoms with E-state index in [0.29, 0.717) is 0 Å². The maximum atomic E-state index is 13.7. The Morgan fingerprint density at radius 1 is 0.676 bits per heavy atom. The molecule has 0 saturated carbocycles. The Morgan fingerprint density at radius 3 is 1.29 bits per heavy atom. The van der Waals surface area contributed by atoms with Crippen LogP contribution < -0.4 is 0 Å². The topological polar surface area (TPSA) is 77.4 Å². The summed E-state index contributed by atoms with van der Waals surface area (Å²) >= 11 is 0. The van der Waals surface area contributed by atoms with Gasteiger partial charge in [0.2, 0.25) is 11.6 Å². The molecule has 0 aromatic carbocycles. The van der Waals surface area contributed by atoms with Gasteiger partial charge in [-0.2, -0.15) is 26.3 Å². The molecule has 0 amide bonds. The molecule has 2 spiro atoms. The van der Waals surface area contributed by atoms with Crippen LogP contribution in [0.4, 0.5) is 26.3 Å². The van der Waals surface area contributed by atoms with Crippen molar-refractivity contribution in [2.75, 3.05) is 0 Å². The van der Waals surface area contributed by atoms with Crippen LogP contribution in [0.2, 0.25) is 0 Å². The fourth-order valence-electron chi connectivity index (χ4n) is 5.10. The highest BCUT2D eigenvalue weighted by Crippen LogP contribution is 2.56. The van der Waals surface area contributed by atoms with Gasteiger partial charge in [0.15, 0.2) is 12.2 Å². The molecule has 0 bridgehead atoms. The molecule has 0 unspecified atom stereocenters. The molecule has 2 aliphatic carbocycles. The van der Waals surface area contributed by atoms with Gasteiger partial charge < -0.3 is 29.2 Å². The number of fused-ring (bicyclic) bond motifs is 2. The molecule has 2 saturated heterocycles. The molecule has 2 aliphatic heterocycles. The third-order valence-corrected chi connectivity index (χ3v) is 6.42. The molecule has 2 fully saturated rings. The van der Waals surface area contributed by atoms with Crippen LogP contribution in [0.1, 0.15) is 40.5 Å². The molecule has 0 radical (unpaired) electrons. The highest BCUT2D eigenvalue weighted by molar-refractivity contribution is 5.55. The Hall–Kier alpha value is -1.44. The lowest BCUT2D eigenvalue weighted by Crippen LogP contribution is -2.64. The number of aliphatic hydroxyl groups is 2. The number of alkyl halides is 6. The van der Waals surface area contributed by atoms with Crippen LogP contribution in [0.15, 0.2) is 35.5 Å². The average Bonchev–Trinajstić information content (AvgIpc) is 2.65. The van der Waals surface area contributed by atoms with Crippen molar-refractivity contribution in [2.45, 2.75) is 100 Å². The first-order valence-corrected chi connectivity index (χ1v) is 10.8. The fraction of sp³-hybridized carbons (Fsp3) is 0.727. The Kier molecular flexibility index (Phi) is 5.68. The van der Waals surface area contributed by atoms with Crippen molar-refractivity contribution < 1.29 is 55.5 Å². The number of ether oxygens (including phenoxy) is 4. The van der Waals surface area contributed by atoms with Gasteiger partial charge in [-0.05, 0) is 52.0 Å². The molecule has 2 heterocycles. The van der Waals surface area contributed by atoms with E-state index in [1.165, 1.54) is 27.7 Å². The van der Waals surface area contributed by atoms with E-state index in [1.807, 2.05) is 0 Å². The smallest absolute Gasteiger partial charge is 0.381 e. The summed E-state index contributed by atoms with van der Waals surface area (Å²) in [6.45, 7) is 5.15. The van der Waals surface area contributed by atoms with Crippen LogP contribution in [0, 0.1) is 0 Å². The maximum absolute atomic E-state index is 13.7. The van der Waals surface area contributed by atoms with E-state index < -0.39 is 83.5 Å². The Bertz CT molecular complexity index is 861. The summed E-state index contributed by atoms with van der Waals surface area (Å²) in [5.41, 5.74) is -5.04. The van der Waals surface area contributed by atoms with Crippen LogP contribution in [0.25, 0.3) is 0 Å². The molecule has 12 heteroatoms. The van der Waals surface area contributed by atoms with Gasteiger partial charge in [-0.15, -0.1) is 0 Å². The second-order valence-electron chi connectivity index (χ2n) is 9.67. The Balaban J connectivity index is 1.94. The highest BCUT2D eigenvalue weighted by atomic mass is 19.4. The van der Waals surface area contributed by atoms with E-state index in [0.717, 1.165) is 24.3 Å². The zero-order valence-corrected chi connectivity index (χ0v) is 18.8. The zero-order chi connectivity index (χ0) is 25.5. The molecule has 4 aliphatic rings. The molecule has 4 rings (SSSR count). The van der Waals surface area contributed by atoms with Crippen molar-refractivity contribution in [3.63, 3.8) is 0 Å². The number of rotatable bonds is 0. The number of hydrogen-bond donors (Lipinski definition) is 2. The predicted octanol–water partition coefficient (Wildman–Crippen LogP) is 3.83. The molecule has 6 nitrogen and oxygen atoms in total. The van der Waals surface area contributed by atoms with Crippen molar-refractivity contribution in [3.05, 3.63) is 35.5 Å². The van der Waals surface area contributed by atoms with Gasteiger partial charge in [0.1, 0.15) is 11.2 Å². The van der Waals surface area contributed by atoms with Gasteiger partial charge >= 0.3 is 12.4 Å². The summed E-state index contributed by atoms with van der Waals surface area (Å²) in [5, 5.41) is 22.5. The van der Waals surface area contributed by atoms with E-state index in [9.17, 15) is 36.6 Å². The summed E-state index contributed by atoms with van der Waals surface area (Å²) < 4.78 is 104. The first-order chi connectivity index (χ1) is 15.3. The molecule has 0 aromatic heterocycles. The van der Waals surface area contributed by atoms with Crippen LogP contribution >= 0.6 is 0 Å². The van der Waals surface area contributed by atoms with Crippen LogP contribution in [0.5, 0.6) is 0 Å². The third kappa shape index (κ3) is 4.11. The van der Waals surface area contributed by atoms with Gasteiger partial charge in [-0.1, -0.05) is 0 Å². The highest BCUT2D eigenvalue weighted by Gasteiger charge is 2.64. The van der Waals surface area contributed by atoms with Crippen molar-refractivity contribution in [1.82, 2.24) is 0 Å². The minimum atomic E-state index is -4.79. The normalized spacial score (nSPS) is 47.4. The van der Waals surface area contributed by atoms with Crippen molar-refractivity contribution in [2.24, 2.45) is 0 Å². The van der Waals surface area contributed by atoms with Gasteiger partial charge in [0.05, 0.1) is 12.2 Å². The van der Waals surface area contributed by atoms with E-state index in [1.54, 1.807) is 0 Å². The second-order valence-corrected chi connectivity index (χ2v) is 9.67. The SMILES string of the molecule is C[C@@H]1C[C@H](C(F)(F)F)O[C@@]2(C=C[C@@](C)(O)C3=C2[C@@](C)(O)C=C[C@]32O[C@H](C)C[C@H](C(F)(F)F)O2)O1. The number of hydrogen-bond acceptors (Lipinski definition) is 6. The zero-order valence-electron chi connectivity index (χ0n) is 18.8. The van der Waals surface area contributed by atoms with E-state index in [2.05, 4.69) is 0 Å². The minimum absolute atomic E-state index is 0.425. The first kappa shape index (κ1) is 25.6. The van der Waals surface area contributed by atoms with E-state index >= 15 is 0 Å². The molecule has 2 N–H and O–H groups in total. The largest absolute Gasteiger partial charge is 0.414 e. The first-order valence-electron chi connectivity index (χ1n) is 10.8. The summed E-state index contributed by atoms with van der Waals surface area (Å²) in [6, 6.07) is 0. The van der Waals surface area contributed by atoms with Crippen molar-refractivity contribution in [1.29, 1.82) is 0 Å². The Labute approximate surface area is 191 Å². The molecular formula is C22H26F6O6. The summed E-state index contributed by atoms with van der Waals surface area (Å²) in [6.07, 6.45) is -13.1. The lowest BCUT2D eigenvalue weighted by molar-refractivity contribution is -0.350. The lowest BCUT2D eigenvalue weighted by atomic mass is 9.68. The monoisotopic (exact) mass is 500 g/mol. The predicted molar refractivity (Wildman–Crippen MR) is 104 cm³/mol. The van der Waals surface area contributed by atoms with Gasteiger partial charge in [0, 0.05) is 24.0 Å². The van der Waals surface area contributed by atoms with E-state index in [4.69, 9.17) is 18.9 Å². The minimum Gasteiger partial charge on any atom is -0.381 e. The molecular weight excluding hydrogens is 474 g/mol. The summed E-state index contributed by atoms with van der Waals surface area (Å²) in [7, 11) is 0. The average molecular weight is 500 g/mol. The second kappa shape index (κ2) is 7.53. The van der Waals surface area contributed by atoms with Gasteiger partial charge in [0.25, 0.3) is 0 Å². The van der Waals surface area contributed by atoms with Crippen molar-refractivity contribution in [3.8, 4) is 0 Å². The van der Waals surface area contributed by atoms with Crippen LogP contribution in [0.3, 0.4) is 0 Å². The fourth-order valence-corrected chi connectivity index (χ4v) is 5.10. The molecule has 0 aromatic rings.